The quantitative estimate of drug-likeness (QED) is 0.181. The van der Waals surface area contributed by atoms with E-state index in [0.29, 0.717) is 71.7 Å². The molecule has 4 aromatic rings. The molecule has 3 aliphatic carbocycles. The van der Waals surface area contributed by atoms with Gasteiger partial charge in [-0.3, -0.25) is 19.1 Å². The molecule has 0 bridgehead atoms. The Morgan fingerprint density at radius 2 is 1.63 bits per heavy atom. The van der Waals surface area contributed by atoms with Gasteiger partial charge in [0.2, 0.25) is 27.7 Å². The molecule has 5 aliphatic rings. The highest BCUT2D eigenvalue weighted by Gasteiger charge is 2.62. The maximum absolute atomic E-state index is 14.8. The summed E-state index contributed by atoms with van der Waals surface area (Å²) in [5.41, 5.74) is 0.923. The van der Waals surface area contributed by atoms with Crippen LogP contribution in [0.4, 0.5) is 4.79 Å². The molecule has 334 valence electrons. The lowest BCUT2D eigenvalue weighted by atomic mass is 10.0. The second kappa shape index (κ2) is 17.3. The molecule has 4 amide bonds. The van der Waals surface area contributed by atoms with E-state index in [2.05, 4.69) is 15.4 Å². The fourth-order valence-corrected chi connectivity index (χ4v) is 10.5. The van der Waals surface area contributed by atoms with E-state index in [-0.39, 0.29) is 25.5 Å². The van der Waals surface area contributed by atoms with Gasteiger partial charge in [-0.15, -0.1) is 0 Å². The third-order valence-electron chi connectivity index (χ3n) is 12.9. The lowest BCUT2D eigenvalue weighted by Gasteiger charge is -2.30. The van der Waals surface area contributed by atoms with Gasteiger partial charge in [0.15, 0.2) is 5.65 Å². The van der Waals surface area contributed by atoms with Crippen molar-refractivity contribution in [2.75, 3.05) is 20.8 Å². The highest BCUT2D eigenvalue weighted by Crippen LogP contribution is 2.46. The van der Waals surface area contributed by atoms with Crippen LogP contribution in [0.5, 0.6) is 17.4 Å². The summed E-state index contributed by atoms with van der Waals surface area (Å²) in [6, 6.07) is 12.5. The summed E-state index contributed by atoms with van der Waals surface area (Å²) in [4.78, 5) is 63.2. The van der Waals surface area contributed by atoms with Crippen LogP contribution in [0.2, 0.25) is 0 Å². The Morgan fingerprint density at radius 3 is 2.38 bits per heavy atom. The third kappa shape index (κ3) is 8.86. The van der Waals surface area contributed by atoms with Crippen LogP contribution in [-0.4, -0.2) is 108 Å². The first-order valence-corrected chi connectivity index (χ1v) is 23.5. The van der Waals surface area contributed by atoms with Crippen molar-refractivity contribution in [3.8, 4) is 28.6 Å². The average molecular weight is 884 g/mol. The second-order valence-corrected chi connectivity index (χ2v) is 19.3. The zero-order valence-corrected chi connectivity index (χ0v) is 36.2. The number of aromatic nitrogens is 3. The predicted octanol–water partition coefficient (Wildman–Crippen LogP) is 4.96. The summed E-state index contributed by atoms with van der Waals surface area (Å²) >= 11 is 0. The van der Waals surface area contributed by atoms with E-state index in [1.54, 1.807) is 30.9 Å². The van der Waals surface area contributed by atoms with E-state index in [4.69, 9.17) is 29.0 Å². The van der Waals surface area contributed by atoms with Gasteiger partial charge in [-0.2, -0.15) is 9.61 Å². The van der Waals surface area contributed by atoms with E-state index in [1.165, 1.54) is 4.90 Å². The lowest BCUT2D eigenvalue weighted by Crippen LogP contribution is -2.58. The van der Waals surface area contributed by atoms with Crippen LogP contribution in [0.1, 0.15) is 83.5 Å². The Bertz CT molecular complexity index is 2550. The van der Waals surface area contributed by atoms with Gasteiger partial charge in [0.1, 0.15) is 41.3 Å². The molecule has 3 saturated carbocycles. The van der Waals surface area contributed by atoms with Crippen molar-refractivity contribution in [3.05, 3.63) is 60.7 Å². The summed E-state index contributed by atoms with van der Waals surface area (Å²) in [5, 5.41) is 10.6. The fraction of sp³-hybridized carbons (Fsp3) is 0.511. The van der Waals surface area contributed by atoms with E-state index < -0.39 is 68.7 Å². The zero-order chi connectivity index (χ0) is 43.9. The van der Waals surface area contributed by atoms with Gasteiger partial charge >= 0.3 is 6.09 Å². The number of sulfonamides is 1. The number of amides is 4. The van der Waals surface area contributed by atoms with Crippen LogP contribution >= 0.6 is 0 Å². The van der Waals surface area contributed by atoms with Gasteiger partial charge in [0.05, 0.1) is 42.6 Å². The molecule has 18 heteroatoms. The summed E-state index contributed by atoms with van der Waals surface area (Å²) in [5.74, 6) is -0.797. The summed E-state index contributed by atoms with van der Waals surface area (Å²) < 4.78 is 53.2. The minimum Gasteiger partial charge on any atom is -0.497 e. The molecule has 1 saturated heterocycles. The molecule has 3 N–H and O–H groups in total. The molecular weight excluding hydrogens is 831 g/mol. The average Bonchev–Trinajstić information content (AvgIpc) is 4.09. The number of nitrogens with zero attached hydrogens (tertiary/aromatic N) is 4. The van der Waals surface area contributed by atoms with Crippen LogP contribution in [-0.2, 0) is 29.1 Å². The normalized spacial score (nSPS) is 26.2. The topological polar surface area (TPSA) is 209 Å². The molecule has 2 aromatic heterocycles. The molecule has 0 radical (unpaired) electrons. The fourth-order valence-electron chi connectivity index (χ4n) is 9.11. The summed E-state index contributed by atoms with van der Waals surface area (Å²) in [6.07, 6.45) is 9.86. The summed E-state index contributed by atoms with van der Waals surface area (Å²) in [7, 11) is -0.757. The first kappa shape index (κ1) is 42.4. The Kier molecular flexibility index (Phi) is 11.7. The highest BCUT2D eigenvalue weighted by molar-refractivity contribution is 7.91. The van der Waals surface area contributed by atoms with Crippen LogP contribution in [0.15, 0.2) is 60.7 Å². The molecule has 5 atom stereocenters. The molecule has 2 aliphatic heterocycles. The van der Waals surface area contributed by atoms with Gasteiger partial charge in [-0.25, -0.2) is 18.2 Å². The highest BCUT2D eigenvalue weighted by atomic mass is 32.2. The van der Waals surface area contributed by atoms with E-state index in [1.807, 2.05) is 48.6 Å². The number of rotatable bonds is 10. The first-order valence-electron chi connectivity index (χ1n) is 22.0. The lowest BCUT2D eigenvalue weighted by molar-refractivity contribution is -0.141. The van der Waals surface area contributed by atoms with Gasteiger partial charge in [0, 0.05) is 24.0 Å². The monoisotopic (exact) mass is 883 g/mol. The molecule has 4 fully saturated rings. The van der Waals surface area contributed by atoms with Crippen molar-refractivity contribution in [1.29, 1.82) is 0 Å². The number of hydrogen-bond donors (Lipinski definition) is 3. The maximum Gasteiger partial charge on any atom is 0.408 e. The van der Waals surface area contributed by atoms with Crippen molar-refractivity contribution in [3.63, 3.8) is 0 Å². The second-order valence-electron chi connectivity index (χ2n) is 17.3. The third-order valence-corrected chi connectivity index (χ3v) is 14.8. The van der Waals surface area contributed by atoms with E-state index in [9.17, 15) is 27.6 Å². The maximum atomic E-state index is 14.8. The number of carbonyl (C=O) groups excluding carboxylic acids is 4. The number of benzene rings is 2. The zero-order valence-electron chi connectivity index (χ0n) is 35.4. The van der Waals surface area contributed by atoms with E-state index >= 15 is 0 Å². The van der Waals surface area contributed by atoms with Crippen molar-refractivity contribution in [1.82, 2.24) is 34.9 Å². The number of carbonyl (C=O) groups is 4. The minimum absolute atomic E-state index is 0.00564. The molecule has 17 nitrogen and oxygen atoms in total. The largest absolute Gasteiger partial charge is 0.497 e. The van der Waals surface area contributed by atoms with Crippen molar-refractivity contribution < 1.29 is 46.5 Å². The van der Waals surface area contributed by atoms with Gasteiger partial charge in [0.25, 0.3) is 5.91 Å². The molecular formula is C45H53N7O10S. The van der Waals surface area contributed by atoms with Crippen molar-refractivity contribution >= 4 is 50.4 Å². The number of ether oxygens (including phenoxy) is 4. The van der Waals surface area contributed by atoms with Crippen LogP contribution in [0.25, 0.3) is 27.8 Å². The van der Waals surface area contributed by atoms with Crippen LogP contribution in [0, 0.1) is 5.92 Å². The number of fused-ring (bicyclic) bond motifs is 5. The van der Waals surface area contributed by atoms with Crippen LogP contribution < -0.4 is 29.6 Å². The first-order chi connectivity index (χ1) is 30.4. The van der Waals surface area contributed by atoms with Crippen molar-refractivity contribution in [2.45, 2.75) is 119 Å². The standard InChI is InChI=1S/C45H53N7O10S/c1-59-29-16-14-27(15-17-29)37-24-39(52-40(46-37)34-22-31(60-2)18-21-35(34)49-52)61-32-23-38-41(53)48-45(43(55)50-63(57,58)33-19-20-33)25-28(45)10-6-4-3-5-7-13-36(42(54)51(38)26-32)47-44(56)62-30-11-8-9-12-30/h6,10,14-18,21-22,24,28,30,32-33,36,38H,3-5,7-9,11-13,19-20,23,25-26H2,1-2H3,(H,47,56)(H,48,53)(H,50,55)/b10-6-/t28-,32-,36+,38+,45-/m1/s1. The Morgan fingerprint density at radius 1 is 0.889 bits per heavy atom. The smallest absolute Gasteiger partial charge is 0.408 e. The number of nitrogens with one attached hydrogen (secondary N) is 3. The molecule has 2 aromatic carbocycles. The molecule has 4 heterocycles. The predicted molar refractivity (Wildman–Crippen MR) is 231 cm³/mol. The molecule has 0 spiro atoms. The number of methoxy groups -OCH3 is 2. The minimum atomic E-state index is -3.93. The van der Waals surface area contributed by atoms with Gasteiger partial charge in [-0.05, 0) is 107 Å². The Hall–Kier alpha value is -5.91. The number of hydrogen-bond acceptors (Lipinski definition) is 12. The SMILES string of the molecule is COc1ccc(-c2cc(O[C@@H]3C[C@H]4C(=O)N[C@]5(C(=O)NS(=O)(=O)C6CC6)C[C@H]5/C=C\CCCCC[C@H](NC(=O)OC5CCCC5)C(=O)N4C3)n3nc4ccc(OC)cc4c3n2)cc1. The van der Waals surface area contributed by atoms with E-state index in [0.717, 1.165) is 44.1 Å². The molecule has 0 unspecified atom stereocenters. The van der Waals surface area contributed by atoms with Crippen molar-refractivity contribution in [2.24, 2.45) is 5.92 Å². The van der Waals surface area contributed by atoms with Crippen LogP contribution in [0.3, 0.4) is 0 Å². The number of alkyl carbamates (subject to hydrolysis) is 1. The molecule has 63 heavy (non-hydrogen) atoms. The number of allylic oxidation sites excluding steroid dienone is 1. The van der Waals surface area contributed by atoms with Gasteiger partial charge < -0.3 is 34.5 Å². The molecule has 9 rings (SSSR count). The summed E-state index contributed by atoms with van der Waals surface area (Å²) in [6.45, 7) is -0.0539. The Balaban J connectivity index is 1.06. The van der Waals surface area contributed by atoms with Gasteiger partial charge in [-0.1, -0.05) is 25.0 Å². The Labute approximate surface area is 365 Å².